The zero-order valence-electron chi connectivity index (χ0n) is 10.6. The van der Waals surface area contributed by atoms with Crippen LogP contribution in [0.3, 0.4) is 0 Å². The van der Waals surface area contributed by atoms with Gasteiger partial charge in [0.05, 0.1) is 31.1 Å². The van der Waals surface area contributed by atoms with Crippen LogP contribution in [-0.4, -0.2) is 19.7 Å². The number of nitrogen functional groups attached to an aromatic ring is 1. The molecule has 20 heavy (non-hydrogen) atoms. The van der Waals surface area contributed by atoms with Gasteiger partial charge < -0.3 is 15.2 Å². The van der Waals surface area contributed by atoms with Crippen LogP contribution < -0.4 is 5.73 Å². The number of ether oxygens (including phenoxy) is 2. The second-order valence-corrected chi connectivity index (χ2v) is 4.24. The Morgan fingerprint density at radius 2 is 2.10 bits per heavy atom. The van der Waals surface area contributed by atoms with Crippen molar-refractivity contribution in [1.29, 1.82) is 0 Å². The average Bonchev–Trinajstić information content (AvgIpc) is 2.90. The fourth-order valence-electron chi connectivity index (χ4n) is 1.99. The third-order valence-electron chi connectivity index (χ3n) is 2.96. The Kier molecular flexibility index (Phi) is 3.61. The van der Waals surface area contributed by atoms with Gasteiger partial charge in [0.25, 0.3) is 0 Å². The Morgan fingerprint density at radius 1 is 1.40 bits per heavy atom. The zero-order valence-corrected chi connectivity index (χ0v) is 10.6. The Balaban J connectivity index is 2.63. The molecule has 0 aliphatic carbocycles. The summed E-state index contributed by atoms with van der Waals surface area (Å²) in [5.41, 5.74) is 4.53. The van der Waals surface area contributed by atoms with Crippen molar-refractivity contribution in [2.24, 2.45) is 0 Å². The Bertz CT molecular complexity index is 579. The summed E-state index contributed by atoms with van der Waals surface area (Å²) >= 11 is 0. The lowest BCUT2D eigenvalue weighted by Crippen LogP contribution is -2.13. The molecule has 0 aromatic heterocycles. The molecule has 0 spiro atoms. The molecule has 0 amide bonds. The van der Waals surface area contributed by atoms with E-state index in [2.05, 4.69) is 4.74 Å². The maximum Gasteiger partial charge on any atom is 0.417 e. The van der Waals surface area contributed by atoms with Crippen molar-refractivity contribution in [1.82, 2.24) is 0 Å². The summed E-state index contributed by atoms with van der Waals surface area (Å²) in [4.78, 5) is 11.5. The standard InChI is InChI=1S/C13H12F3NO3/c1-19-12(18)9-4-8(7-2-3-20-6-7)10(5-11(9)17)13(14,15)16/h4-6H,2-3,17H2,1H3. The number of methoxy groups -OCH3 is 1. The van der Waals surface area contributed by atoms with Crippen LogP contribution in [0.15, 0.2) is 18.4 Å². The minimum absolute atomic E-state index is 0.0942. The fraction of sp³-hybridized carbons (Fsp3) is 0.308. The predicted molar refractivity (Wildman–Crippen MR) is 65.7 cm³/mol. The van der Waals surface area contributed by atoms with Crippen molar-refractivity contribution in [2.45, 2.75) is 12.6 Å². The second kappa shape index (κ2) is 5.07. The van der Waals surface area contributed by atoms with Gasteiger partial charge in [-0.15, -0.1) is 0 Å². The average molecular weight is 287 g/mol. The normalized spacial score (nSPS) is 14.7. The molecule has 7 heteroatoms. The number of nitrogens with two attached hydrogens (primary N) is 1. The van der Waals surface area contributed by atoms with Crippen molar-refractivity contribution >= 4 is 17.2 Å². The molecule has 1 heterocycles. The van der Waals surface area contributed by atoms with Gasteiger partial charge in [0.15, 0.2) is 0 Å². The van der Waals surface area contributed by atoms with E-state index in [-0.39, 0.29) is 16.8 Å². The van der Waals surface area contributed by atoms with Gasteiger partial charge in [0, 0.05) is 12.1 Å². The summed E-state index contributed by atoms with van der Waals surface area (Å²) in [6.07, 6.45) is -2.96. The molecule has 0 atom stereocenters. The maximum absolute atomic E-state index is 13.1. The first-order chi connectivity index (χ1) is 9.34. The summed E-state index contributed by atoms with van der Waals surface area (Å²) in [5.74, 6) is -0.781. The highest BCUT2D eigenvalue weighted by atomic mass is 19.4. The number of alkyl halides is 3. The minimum Gasteiger partial charge on any atom is -0.501 e. The van der Waals surface area contributed by atoms with Gasteiger partial charge >= 0.3 is 12.1 Å². The van der Waals surface area contributed by atoms with Crippen LogP contribution in [-0.2, 0) is 15.7 Å². The molecule has 0 radical (unpaired) electrons. The van der Waals surface area contributed by atoms with Crippen LogP contribution in [0, 0.1) is 0 Å². The van der Waals surface area contributed by atoms with Crippen LogP contribution in [0.2, 0.25) is 0 Å². The van der Waals surface area contributed by atoms with Gasteiger partial charge in [0.1, 0.15) is 0 Å². The fourth-order valence-corrected chi connectivity index (χ4v) is 1.99. The van der Waals surface area contributed by atoms with E-state index in [1.54, 1.807) is 0 Å². The van der Waals surface area contributed by atoms with Crippen LogP contribution in [0.1, 0.15) is 27.9 Å². The van der Waals surface area contributed by atoms with E-state index in [9.17, 15) is 18.0 Å². The number of benzene rings is 1. The molecular weight excluding hydrogens is 275 g/mol. The first kappa shape index (κ1) is 14.2. The molecular formula is C13H12F3NO3. The van der Waals surface area contributed by atoms with Gasteiger partial charge in [-0.25, -0.2) is 4.79 Å². The summed E-state index contributed by atoms with van der Waals surface area (Å²) in [6.45, 7) is 0.310. The van der Waals surface area contributed by atoms with Crippen LogP contribution in [0.25, 0.3) is 5.57 Å². The first-order valence-electron chi connectivity index (χ1n) is 5.74. The zero-order chi connectivity index (χ0) is 14.9. The van der Waals surface area contributed by atoms with E-state index in [1.807, 2.05) is 0 Å². The van der Waals surface area contributed by atoms with Crippen molar-refractivity contribution in [3.05, 3.63) is 35.1 Å². The Labute approximate surface area is 113 Å². The lowest BCUT2D eigenvalue weighted by molar-refractivity contribution is -0.137. The molecule has 1 aromatic carbocycles. The van der Waals surface area contributed by atoms with Gasteiger partial charge in [-0.2, -0.15) is 13.2 Å². The number of anilines is 1. The minimum atomic E-state index is -4.57. The van der Waals surface area contributed by atoms with Gasteiger partial charge in [-0.05, 0) is 23.3 Å². The molecule has 0 bridgehead atoms. The number of carbonyl (C=O) groups excluding carboxylic acids is 1. The molecule has 108 valence electrons. The number of halogens is 3. The maximum atomic E-state index is 13.1. The monoisotopic (exact) mass is 287 g/mol. The molecule has 4 nitrogen and oxygen atoms in total. The molecule has 0 saturated carbocycles. The van der Waals surface area contributed by atoms with Crippen molar-refractivity contribution < 1.29 is 27.4 Å². The van der Waals surface area contributed by atoms with Gasteiger partial charge in [-0.1, -0.05) is 0 Å². The quantitative estimate of drug-likeness (QED) is 0.671. The third kappa shape index (κ3) is 2.56. The summed E-state index contributed by atoms with van der Waals surface area (Å²) < 4.78 is 48.6. The summed E-state index contributed by atoms with van der Waals surface area (Å²) in [6, 6.07) is 1.85. The van der Waals surface area contributed by atoms with E-state index in [4.69, 9.17) is 10.5 Å². The molecule has 1 aliphatic rings. The largest absolute Gasteiger partial charge is 0.501 e. The highest BCUT2D eigenvalue weighted by Crippen LogP contribution is 2.39. The number of carbonyl (C=O) groups is 1. The van der Waals surface area contributed by atoms with Crippen molar-refractivity contribution in [3.8, 4) is 0 Å². The van der Waals surface area contributed by atoms with Crippen molar-refractivity contribution in [2.75, 3.05) is 19.5 Å². The molecule has 0 fully saturated rings. The van der Waals surface area contributed by atoms with Crippen molar-refractivity contribution in [3.63, 3.8) is 0 Å². The van der Waals surface area contributed by atoms with E-state index in [0.29, 0.717) is 18.6 Å². The molecule has 2 N–H and O–H groups in total. The first-order valence-corrected chi connectivity index (χ1v) is 5.74. The van der Waals surface area contributed by atoms with Crippen LogP contribution in [0.4, 0.5) is 18.9 Å². The van der Waals surface area contributed by atoms with E-state index >= 15 is 0 Å². The predicted octanol–water partition coefficient (Wildman–Crippen LogP) is 2.84. The lowest BCUT2D eigenvalue weighted by Gasteiger charge is -2.16. The smallest absolute Gasteiger partial charge is 0.417 e. The molecule has 1 aliphatic heterocycles. The number of hydrogen-bond donors (Lipinski definition) is 1. The topological polar surface area (TPSA) is 61.5 Å². The SMILES string of the molecule is COC(=O)c1cc(C2=COCC2)c(C(F)(F)F)cc1N. The molecule has 2 rings (SSSR count). The van der Waals surface area contributed by atoms with E-state index in [0.717, 1.165) is 19.2 Å². The molecule has 1 aromatic rings. The number of esters is 1. The van der Waals surface area contributed by atoms with E-state index < -0.39 is 17.7 Å². The van der Waals surface area contributed by atoms with Gasteiger partial charge in [-0.3, -0.25) is 0 Å². The summed E-state index contributed by atoms with van der Waals surface area (Å²) in [5, 5.41) is 0. The van der Waals surface area contributed by atoms with Crippen LogP contribution in [0.5, 0.6) is 0 Å². The van der Waals surface area contributed by atoms with E-state index in [1.165, 1.54) is 6.26 Å². The summed E-state index contributed by atoms with van der Waals surface area (Å²) in [7, 11) is 1.14. The number of hydrogen-bond acceptors (Lipinski definition) is 4. The molecule has 0 saturated heterocycles. The number of rotatable bonds is 2. The third-order valence-corrected chi connectivity index (χ3v) is 2.96. The molecule has 0 unspecified atom stereocenters. The lowest BCUT2D eigenvalue weighted by atomic mass is 9.95. The Hall–Kier alpha value is -2.18. The second-order valence-electron chi connectivity index (χ2n) is 4.24. The van der Waals surface area contributed by atoms with Gasteiger partial charge in [0.2, 0.25) is 0 Å². The highest BCUT2D eigenvalue weighted by molar-refractivity contribution is 5.96. The highest BCUT2D eigenvalue weighted by Gasteiger charge is 2.36. The van der Waals surface area contributed by atoms with Crippen LogP contribution >= 0.6 is 0 Å². The Morgan fingerprint density at radius 3 is 2.60 bits per heavy atom.